The van der Waals surface area contributed by atoms with E-state index in [1.54, 1.807) is 12.4 Å². The van der Waals surface area contributed by atoms with Crippen molar-refractivity contribution in [1.29, 1.82) is 0 Å². The molecule has 3 aromatic rings. The summed E-state index contributed by atoms with van der Waals surface area (Å²) in [5, 5.41) is 81.7. The number of aliphatic hydroxyl groups is 4. The smallest absolute Gasteiger partial charge is 0.201 e. The maximum absolute atomic E-state index is 11.7. The number of methoxy groups -OCH3 is 1. The van der Waals surface area contributed by atoms with Crippen molar-refractivity contribution in [3.63, 3.8) is 0 Å². The summed E-state index contributed by atoms with van der Waals surface area (Å²) in [5.41, 5.74) is 3.41. The molecule has 308 valence electrons. The summed E-state index contributed by atoms with van der Waals surface area (Å²) in [7, 11) is 3.40. The Labute approximate surface area is 331 Å². The largest absolute Gasteiger partial charge is 0.670 e. The lowest BCUT2D eigenvalue weighted by Crippen LogP contribution is -2.44. The van der Waals surface area contributed by atoms with Crippen LogP contribution in [0, 0.1) is 17.8 Å². The highest BCUT2D eigenvalue weighted by Gasteiger charge is 2.45. The lowest BCUT2D eigenvalue weighted by Gasteiger charge is -2.46. The third-order valence-corrected chi connectivity index (χ3v) is 14.1. The molecule has 0 unspecified atom stereocenters. The third-order valence-electron chi connectivity index (χ3n) is 14.1. The molecule has 2 heterocycles. The molecule has 3 saturated carbocycles. The highest BCUT2D eigenvalue weighted by atomic mass is 16.5. The van der Waals surface area contributed by atoms with E-state index in [9.17, 15) is 35.7 Å². The summed E-state index contributed by atoms with van der Waals surface area (Å²) >= 11 is 0. The number of phenolic OH excluding ortho intramolecular Hbond substituents is 2. The highest BCUT2D eigenvalue weighted by Crippen LogP contribution is 2.53. The zero-order valence-electron chi connectivity index (χ0n) is 33.1. The molecule has 0 spiro atoms. The summed E-state index contributed by atoms with van der Waals surface area (Å²) in [5.74, 6) is -0.105. The van der Waals surface area contributed by atoms with Crippen LogP contribution in [0.3, 0.4) is 0 Å². The van der Waals surface area contributed by atoms with Crippen LogP contribution >= 0.6 is 0 Å². The predicted molar refractivity (Wildman–Crippen MR) is 212 cm³/mol. The Morgan fingerprint density at radius 1 is 1.00 bits per heavy atom. The highest BCUT2D eigenvalue weighted by molar-refractivity contribution is 5.64. The van der Waals surface area contributed by atoms with E-state index < -0.39 is 42.0 Å². The van der Waals surface area contributed by atoms with E-state index in [4.69, 9.17) is 9.47 Å². The number of fused-ring (bicyclic) bond motifs is 1. The number of aromatic hydroxyl groups is 3. The van der Waals surface area contributed by atoms with E-state index >= 15 is 0 Å². The van der Waals surface area contributed by atoms with Gasteiger partial charge in [-0.05, 0) is 137 Å². The van der Waals surface area contributed by atoms with Gasteiger partial charge in [0.05, 0.1) is 43.7 Å². The fourth-order valence-electron chi connectivity index (χ4n) is 11.0. The summed E-state index contributed by atoms with van der Waals surface area (Å²) < 4.78 is 12.5. The zero-order valence-corrected chi connectivity index (χ0v) is 33.1. The Kier molecular flexibility index (Phi) is 12.9. The quantitative estimate of drug-likeness (QED) is 0.0875. The normalized spacial score (nSPS) is 29.5. The van der Waals surface area contributed by atoms with Gasteiger partial charge in [-0.1, -0.05) is 36.6 Å². The zero-order chi connectivity index (χ0) is 39.6. The van der Waals surface area contributed by atoms with E-state index in [-0.39, 0.29) is 53.3 Å². The minimum absolute atomic E-state index is 0.0156. The molecule has 3 aliphatic carbocycles. The second-order valence-electron chi connectivity index (χ2n) is 17.4. The molecular weight excluding hydrogens is 712 g/mol. The van der Waals surface area contributed by atoms with E-state index in [0.717, 1.165) is 87.4 Å². The maximum atomic E-state index is 11.7. The van der Waals surface area contributed by atoms with E-state index in [2.05, 4.69) is 16.4 Å². The maximum Gasteiger partial charge on any atom is 0.201 e. The summed E-state index contributed by atoms with van der Waals surface area (Å²) in [6, 6.07) is 7.82. The summed E-state index contributed by atoms with van der Waals surface area (Å²) in [6.45, 7) is 0.380. The Balaban J connectivity index is 1.15. The van der Waals surface area contributed by atoms with Crippen LogP contribution in [0.1, 0.15) is 141 Å². The third kappa shape index (κ3) is 8.45. The van der Waals surface area contributed by atoms with Crippen LogP contribution in [-0.4, -0.2) is 80.4 Å². The van der Waals surface area contributed by atoms with Gasteiger partial charge >= 0.3 is 0 Å². The molecule has 2 aromatic carbocycles. The topological polar surface area (TPSA) is 186 Å². The van der Waals surface area contributed by atoms with Crippen molar-refractivity contribution in [2.45, 2.75) is 145 Å². The molecular formula is C45H63N2O9-. The van der Waals surface area contributed by atoms with Crippen LogP contribution in [0.25, 0.3) is 0 Å². The van der Waals surface area contributed by atoms with Gasteiger partial charge in [-0.2, -0.15) is 12.4 Å². The van der Waals surface area contributed by atoms with Crippen LogP contribution in [0.4, 0.5) is 0 Å². The number of phenols is 3. The number of nitrogens with zero attached hydrogens (tertiary/aromatic N) is 1. The molecule has 1 aromatic heterocycles. The average Bonchev–Trinajstić information content (AvgIpc) is 3.89. The Morgan fingerprint density at radius 3 is 2.52 bits per heavy atom. The lowest BCUT2D eigenvalue weighted by atomic mass is 9.66. The van der Waals surface area contributed by atoms with E-state index in [1.165, 1.54) is 7.11 Å². The standard InChI is InChI=1S/C45H63N2O9/c1-46-17-12-26-5-8-30(37(50)11-16-45(54)14-3-4-15-45)32(19-26)33-21-28(7-10-36(33)49)29-6-9-31-38(51)23-40(56-39(31)22-29)41-34(20-27-13-18-47-24-27)44(55-2)43(53)42(52)35(41)25-48/h7,10,13,18,21,24,26,29-32,37-40,46,48-54H,3-6,8-9,11-12,14-17,19-20,22-23,25H2,1-2H3/q-1/t26-,29+,30-,31+,32+,37+,38-,39-,40-/m0/s1. The first kappa shape index (κ1) is 40.9. The van der Waals surface area contributed by atoms with Crippen LogP contribution in [-0.2, 0) is 17.8 Å². The van der Waals surface area contributed by atoms with E-state index in [1.807, 2.05) is 25.2 Å². The Bertz CT molecular complexity index is 1760. The second-order valence-corrected chi connectivity index (χ2v) is 17.4. The molecule has 0 bridgehead atoms. The van der Waals surface area contributed by atoms with Crippen molar-refractivity contribution in [3.05, 3.63) is 70.0 Å². The van der Waals surface area contributed by atoms with Crippen LogP contribution in [0.2, 0.25) is 0 Å². The van der Waals surface area contributed by atoms with Gasteiger partial charge in [0.1, 0.15) is 5.75 Å². The van der Waals surface area contributed by atoms with Crippen molar-refractivity contribution in [2.24, 2.45) is 17.8 Å². The van der Waals surface area contributed by atoms with Crippen molar-refractivity contribution in [3.8, 4) is 23.0 Å². The van der Waals surface area contributed by atoms with Gasteiger partial charge in [-0.3, -0.25) is 0 Å². The molecule has 4 fully saturated rings. The number of hydrogen-bond donors (Lipinski definition) is 8. The molecule has 1 saturated heterocycles. The lowest BCUT2D eigenvalue weighted by molar-refractivity contribution is -0.154. The van der Waals surface area contributed by atoms with Crippen LogP contribution in [0.5, 0.6) is 23.0 Å². The molecule has 1 aliphatic heterocycles. The fourth-order valence-corrected chi connectivity index (χ4v) is 11.0. The van der Waals surface area contributed by atoms with Gasteiger partial charge in [-0.25, -0.2) is 0 Å². The number of hydrogen-bond acceptors (Lipinski definition) is 10. The molecule has 0 amide bonds. The minimum atomic E-state index is -0.682. The van der Waals surface area contributed by atoms with Gasteiger partial charge in [-0.15, -0.1) is 0 Å². The Morgan fingerprint density at radius 2 is 1.80 bits per heavy atom. The van der Waals surface area contributed by atoms with E-state index in [0.29, 0.717) is 42.7 Å². The molecule has 7 rings (SSSR count). The molecule has 4 aliphatic rings. The van der Waals surface area contributed by atoms with Gasteiger partial charge in [0.15, 0.2) is 11.5 Å². The van der Waals surface area contributed by atoms with Crippen molar-refractivity contribution in [1.82, 2.24) is 10.3 Å². The first-order chi connectivity index (χ1) is 27.0. The molecule has 11 nitrogen and oxygen atoms in total. The number of benzene rings is 2. The average molecular weight is 776 g/mol. The van der Waals surface area contributed by atoms with Gasteiger partial charge in [0.25, 0.3) is 0 Å². The van der Waals surface area contributed by atoms with Crippen LogP contribution < -0.4 is 15.0 Å². The van der Waals surface area contributed by atoms with Crippen molar-refractivity contribution < 1.29 is 45.2 Å². The number of aromatic nitrogens is 1. The minimum Gasteiger partial charge on any atom is -0.670 e. The SMILES string of the molecule is CNCC[C@@H]1CC[C@H]([C@H](O)CCC2(O)CCCC2)[C@H](c2cc([C@@H]3CC[C@H]4[C@H](C3)O[C@H](c3c(CO)c(O)c(O)c(OC)c3Cc3cc[n-]c3)C[C@@H]4O)ccc2O)C1. The van der Waals surface area contributed by atoms with Gasteiger partial charge in [0.2, 0.25) is 5.75 Å². The summed E-state index contributed by atoms with van der Waals surface area (Å²) in [4.78, 5) is 4.18. The number of nitrogens with one attached hydrogen (secondary N) is 1. The van der Waals surface area contributed by atoms with Crippen LogP contribution in [0.15, 0.2) is 36.7 Å². The van der Waals surface area contributed by atoms with Crippen molar-refractivity contribution in [2.75, 3.05) is 20.7 Å². The fraction of sp³-hybridized carbons (Fsp3) is 0.644. The first-order valence-corrected chi connectivity index (χ1v) is 21.0. The molecule has 11 heteroatoms. The van der Waals surface area contributed by atoms with Crippen molar-refractivity contribution >= 4 is 0 Å². The first-order valence-electron chi connectivity index (χ1n) is 21.0. The predicted octanol–water partition coefficient (Wildman–Crippen LogP) is 6.18. The molecule has 56 heavy (non-hydrogen) atoms. The molecule has 9 atom stereocenters. The number of ether oxygens (including phenoxy) is 2. The van der Waals surface area contributed by atoms with Gasteiger partial charge in [0, 0.05) is 23.5 Å². The van der Waals surface area contributed by atoms with Gasteiger partial charge < -0.3 is 55.5 Å². The molecule has 8 N–H and O–H groups in total. The summed E-state index contributed by atoms with van der Waals surface area (Å²) in [6.07, 6.45) is 12.6. The number of aliphatic hydroxyl groups excluding tert-OH is 3. The Hall–Kier alpha value is -3.32. The monoisotopic (exact) mass is 775 g/mol. The molecule has 0 radical (unpaired) electrons. The second kappa shape index (κ2) is 17.7. The number of rotatable bonds is 14.